The molecule has 2 atom stereocenters. The van der Waals surface area contributed by atoms with Gasteiger partial charge in [-0.2, -0.15) is 0 Å². The van der Waals surface area contributed by atoms with Crippen LogP contribution in [0.3, 0.4) is 0 Å². The number of carboxylic acid groups (broad SMARTS) is 1. The fraction of sp³-hybridized carbons (Fsp3) is 0.400. The fourth-order valence-electron chi connectivity index (χ4n) is 2.58. The Morgan fingerprint density at radius 2 is 2.14 bits per heavy atom. The number of rotatable bonds is 4. The van der Waals surface area contributed by atoms with Gasteiger partial charge >= 0.3 is 5.97 Å². The molecule has 0 heterocycles. The molecule has 6 heteroatoms. The van der Waals surface area contributed by atoms with Gasteiger partial charge in [0.05, 0.1) is 0 Å². The number of hydrogen-bond donors (Lipinski definition) is 2. The number of carboxylic acids is 1. The van der Waals surface area contributed by atoms with Crippen LogP contribution in [-0.4, -0.2) is 28.8 Å². The van der Waals surface area contributed by atoms with Crippen molar-refractivity contribution in [3.05, 3.63) is 35.6 Å². The number of amides is 1. The van der Waals surface area contributed by atoms with Crippen LogP contribution in [0.4, 0.5) is 4.39 Å². The van der Waals surface area contributed by atoms with E-state index in [-0.39, 0.29) is 17.8 Å². The molecule has 21 heavy (non-hydrogen) atoms. The van der Waals surface area contributed by atoms with Gasteiger partial charge in [0.25, 0.3) is 5.91 Å². The summed E-state index contributed by atoms with van der Waals surface area (Å²) in [7, 11) is 0. The minimum absolute atomic E-state index is 0.0116. The highest BCUT2D eigenvalue weighted by Gasteiger charge is 2.33. The van der Waals surface area contributed by atoms with E-state index in [1.54, 1.807) is 0 Å². The standard InChI is InChI=1S/C15H16FNO4/c16-11-5-1-4-10(7-11)14(19)17-13(15(20)21)9-3-2-6-12(18)8-9/h1,4-5,7,9,13H,2-3,6,8H2,(H,17,19)(H,20,21)/t9-,13-/m0/s1. The van der Waals surface area contributed by atoms with E-state index in [2.05, 4.69) is 5.32 Å². The van der Waals surface area contributed by atoms with Gasteiger partial charge < -0.3 is 10.4 Å². The van der Waals surface area contributed by atoms with Crippen LogP contribution in [-0.2, 0) is 9.59 Å². The molecule has 0 saturated heterocycles. The number of carbonyl (C=O) groups excluding carboxylic acids is 2. The van der Waals surface area contributed by atoms with Gasteiger partial charge in [0, 0.05) is 18.4 Å². The smallest absolute Gasteiger partial charge is 0.326 e. The number of aliphatic carboxylic acids is 1. The molecule has 0 aromatic heterocycles. The average Bonchev–Trinajstić information content (AvgIpc) is 2.44. The maximum absolute atomic E-state index is 13.1. The quantitative estimate of drug-likeness (QED) is 0.886. The Morgan fingerprint density at radius 1 is 1.38 bits per heavy atom. The largest absolute Gasteiger partial charge is 0.480 e. The lowest BCUT2D eigenvalue weighted by Crippen LogP contribution is -2.47. The third kappa shape index (κ3) is 3.87. The van der Waals surface area contributed by atoms with Crippen LogP contribution in [0.15, 0.2) is 24.3 Å². The van der Waals surface area contributed by atoms with Gasteiger partial charge in [0.2, 0.25) is 0 Å². The lowest BCUT2D eigenvalue weighted by Gasteiger charge is -2.27. The van der Waals surface area contributed by atoms with Gasteiger partial charge in [-0.1, -0.05) is 6.07 Å². The highest BCUT2D eigenvalue weighted by Crippen LogP contribution is 2.24. The van der Waals surface area contributed by atoms with Gasteiger partial charge in [-0.15, -0.1) is 0 Å². The zero-order valence-electron chi connectivity index (χ0n) is 11.3. The molecular formula is C15H16FNO4. The molecule has 1 amide bonds. The van der Waals surface area contributed by atoms with E-state index >= 15 is 0 Å². The number of Topliss-reactive ketones (excluding diaryl/α,β-unsaturated/α-hetero) is 1. The van der Waals surface area contributed by atoms with Crippen LogP contribution in [0.25, 0.3) is 0 Å². The van der Waals surface area contributed by atoms with Crippen molar-refractivity contribution < 1.29 is 23.9 Å². The van der Waals surface area contributed by atoms with E-state index in [1.807, 2.05) is 0 Å². The van der Waals surface area contributed by atoms with E-state index in [0.29, 0.717) is 19.3 Å². The van der Waals surface area contributed by atoms with Crippen LogP contribution < -0.4 is 5.32 Å². The highest BCUT2D eigenvalue weighted by molar-refractivity contribution is 5.96. The van der Waals surface area contributed by atoms with Crippen LogP contribution in [0.2, 0.25) is 0 Å². The molecule has 0 unspecified atom stereocenters. The Morgan fingerprint density at radius 3 is 2.76 bits per heavy atom. The Balaban J connectivity index is 2.11. The molecule has 1 aliphatic carbocycles. The Labute approximate surface area is 121 Å². The SMILES string of the molecule is O=C1CCC[C@H]([C@H](NC(=O)c2cccc(F)c2)C(=O)O)C1. The Bertz CT molecular complexity index is 573. The summed E-state index contributed by atoms with van der Waals surface area (Å²) in [5.41, 5.74) is 0.0587. The average molecular weight is 293 g/mol. The van der Waals surface area contributed by atoms with Crippen molar-refractivity contribution >= 4 is 17.7 Å². The van der Waals surface area contributed by atoms with Gasteiger partial charge in [-0.25, -0.2) is 9.18 Å². The number of carbonyl (C=O) groups is 3. The molecule has 0 spiro atoms. The first-order valence-corrected chi connectivity index (χ1v) is 6.78. The second-order valence-corrected chi connectivity index (χ2v) is 5.19. The van der Waals surface area contributed by atoms with Crippen LogP contribution in [0.1, 0.15) is 36.0 Å². The summed E-state index contributed by atoms with van der Waals surface area (Å²) in [5, 5.41) is 11.7. The van der Waals surface area contributed by atoms with Crippen molar-refractivity contribution in [3.63, 3.8) is 0 Å². The number of ketones is 1. The summed E-state index contributed by atoms with van der Waals surface area (Å²) in [4.78, 5) is 34.8. The van der Waals surface area contributed by atoms with Gasteiger partial charge in [0.15, 0.2) is 0 Å². The minimum atomic E-state index is -1.18. The molecule has 2 rings (SSSR count). The van der Waals surface area contributed by atoms with Crippen molar-refractivity contribution in [3.8, 4) is 0 Å². The zero-order chi connectivity index (χ0) is 15.4. The molecule has 0 bridgehead atoms. The third-order valence-corrected chi connectivity index (χ3v) is 3.63. The second-order valence-electron chi connectivity index (χ2n) is 5.19. The Hall–Kier alpha value is -2.24. The first kappa shape index (κ1) is 15.2. The predicted octanol–water partition coefficient (Wildman–Crippen LogP) is 1.77. The van der Waals surface area contributed by atoms with Gasteiger partial charge in [-0.05, 0) is 37.0 Å². The maximum Gasteiger partial charge on any atom is 0.326 e. The molecule has 2 N–H and O–H groups in total. The second kappa shape index (κ2) is 6.47. The summed E-state index contributed by atoms with van der Waals surface area (Å²) < 4.78 is 13.1. The summed E-state index contributed by atoms with van der Waals surface area (Å²) >= 11 is 0. The zero-order valence-corrected chi connectivity index (χ0v) is 11.3. The van der Waals surface area contributed by atoms with Crippen molar-refractivity contribution in [2.75, 3.05) is 0 Å². The van der Waals surface area contributed by atoms with Crippen molar-refractivity contribution in [2.45, 2.75) is 31.7 Å². The lowest BCUT2D eigenvalue weighted by atomic mass is 9.83. The first-order valence-electron chi connectivity index (χ1n) is 6.78. The van der Waals surface area contributed by atoms with Crippen molar-refractivity contribution in [1.82, 2.24) is 5.32 Å². The van der Waals surface area contributed by atoms with Gasteiger partial charge in [0.1, 0.15) is 17.6 Å². The monoisotopic (exact) mass is 293 g/mol. The molecule has 1 saturated carbocycles. The molecule has 1 aliphatic rings. The minimum Gasteiger partial charge on any atom is -0.480 e. The molecular weight excluding hydrogens is 277 g/mol. The number of benzene rings is 1. The summed E-state index contributed by atoms with van der Waals surface area (Å²) in [6, 6.07) is 3.89. The highest BCUT2D eigenvalue weighted by atomic mass is 19.1. The first-order chi connectivity index (χ1) is 9.97. The van der Waals surface area contributed by atoms with Crippen LogP contribution >= 0.6 is 0 Å². The fourth-order valence-corrected chi connectivity index (χ4v) is 2.58. The normalized spacial score (nSPS) is 19.9. The van der Waals surface area contributed by atoms with E-state index in [9.17, 15) is 23.9 Å². The van der Waals surface area contributed by atoms with Crippen molar-refractivity contribution in [1.29, 1.82) is 0 Å². The number of hydrogen-bond acceptors (Lipinski definition) is 3. The van der Waals surface area contributed by atoms with E-state index in [4.69, 9.17) is 0 Å². The Kier molecular flexibility index (Phi) is 4.67. The summed E-state index contributed by atoms with van der Waals surface area (Å²) in [6.45, 7) is 0. The molecule has 0 radical (unpaired) electrons. The molecule has 5 nitrogen and oxygen atoms in total. The molecule has 1 aromatic carbocycles. The molecule has 0 aliphatic heterocycles. The van der Waals surface area contributed by atoms with E-state index in [0.717, 1.165) is 6.07 Å². The van der Waals surface area contributed by atoms with Crippen LogP contribution in [0.5, 0.6) is 0 Å². The topological polar surface area (TPSA) is 83.5 Å². The summed E-state index contributed by atoms with van der Waals surface area (Å²) in [6.07, 6.45) is 1.82. The predicted molar refractivity (Wildman–Crippen MR) is 72.3 cm³/mol. The lowest BCUT2D eigenvalue weighted by molar-refractivity contribution is -0.141. The third-order valence-electron chi connectivity index (χ3n) is 3.63. The maximum atomic E-state index is 13.1. The summed E-state index contributed by atoms with van der Waals surface area (Å²) in [5.74, 6) is -2.81. The number of halogens is 1. The van der Waals surface area contributed by atoms with Crippen molar-refractivity contribution in [2.24, 2.45) is 5.92 Å². The molecule has 1 fully saturated rings. The molecule has 1 aromatic rings. The van der Waals surface area contributed by atoms with E-state index < -0.39 is 29.7 Å². The van der Waals surface area contributed by atoms with Crippen LogP contribution in [0, 0.1) is 11.7 Å². The number of nitrogens with one attached hydrogen (secondary N) is 1. The molecule has 112 valence electrons. The van der Waals surface area contributed by atoms with E-state index in [1.165, 1.54) is 18.2 Å². The van der Waals surface area contributed by atoms with Gasteiger partial charge in [-0.3, -0.25) is 9.59 Å².